The zero-order chi connectivity index (χ0) is 17.3. The molecule has 1 aliphatic rings. The molecule has 2 N–H and O–H groups in total. The fourth-order valence-electron chi connectivity index (χ4n) is 3.16. The van der Waals surface area contributed by atoms with Crippen molar-refractivity contribution in [3.8, 4) is 0 Å². The molecular weight excluding hydrogens is 312 g/mol. The molecule has 0 bridgehead atoms. The SMILES string of the molecule is O=C(NCCc1ccccn1)NC1CCN(Cc2ccccc2)CC1. The van der Waals surface area contributed by atoms with Crippen molar-refractivity contribution < 1.29 is 4.79 Å². The second kappa shape index (κ2) is 9.18. The van der Waals surface area contributed by atoms with Crippen LogP contribution in [0.2, 0.25) is 0 Å². The van der Waals surface area contributed by atoms with Crippen molar-refractivity contribution >= 4 is 6.03 Å². The minimum Gasteiger partial charge on any atom is -0.338 e. The number of piperidine rings is 1. The Kier molecular flexibility index (Phi) is 6.40. The highest BCUT2D eigenvalue weighted by molar-refractivity contribution is 5.74. The van der Waals surface area contributed by atoms with E-state index in [1.807, 2.05) is 24.3 Å². The number of hydrogen-bond acceptors (Lipinski definition) is 3. The summed E-state index contributed by atoms with van der Waals surface area (Å²) in [5.41, 5.74) is 2.35. The summed E-state index contributed by atoms with van der Waals surface area (Å²) in [5.74, 6) is 0. The summed E-state index contributed by atoms with van der Waals surface area (Å²) in [6, 6.07) is 16.6. The van der Waals surface area contributed by atoms with Crippen LogP contribution in [0.5, 0.6) is 0 Å². The molecule has 0 radical (unpaired) electrons. The van der Waals surface area contributed by atoms with Gasteiger partial charge in [-0.05, 0) is 30.5 Å². The summed E-state index contributed by atoms with van der Waals surface area (Å²) in [5, 5.41) is 6.02. The van der Waals surface area contributed by atoms with Gasteiger partial charge in [0.2, 0.25) is 0 Å². The maximum Gasteiger partial charge on any atom is 0.315 e. The number of urea groups is 1. The van der Waals surface area contributed by atoms with E-state index in [1.165, 1.54) is 5.56 Å². The first kappa shape index (κ1) is 17.4. The number of carbonyl (C=O) groups is 1. The van der Waals surface area contributed by atoms with Gasteiger partial charge in [0.1, 0.15) is 0 Å². The van der Waals surface area contributed by atoms with Crippen molar-refractivity contribution in [3.05, 3.63) is 66.0 Å². The van der Waals surface area contributed by atoms with Crippen LogP contribution in [0, 0.1) is 0 Å². The minimum atomic E-state index is -0.0718. The average Bonchev–Trinajstić information content (AvgIpc) is 2.65. The quantitative estimate of drug-likeness (QED) is 0.851. The lowest BCUT2D eigenvalue weighted by Gasteiger charge is -2.32. The van der Waals surface area contributed by atoms with Crippen LogP contribution >= 0.6 is 0 Å². The maximum absolute atomic E-state index is 12.0. The molecular formula is C20H26N4O. The highest BCUT2D eigenvalue weighted by atomic mass is 16.2. The van der Waals surface area contributed by atoms with Crippen LogP contribution < -0.4 is 10.6 Å². The van der Waals surface area contributed by atoms with Crippen molar-refractivity contribution in [2.24, 2.45) is 0 Å². The number of likely N-dealkylation sites (tertiary alicyclic amines) is 1. The summed E-state index contributed by atoms with van der Waals surface area (Å²) in [7, 11) is 0. The fraction of sp³-hybridized carbons (Fsp3) is 0.400. The smallest absolute Gasteiger partial charge is 0.315 e. The van der Waals surface area contributed by atoms with E-state index in [0.717, 1.165) is 44.6 Å². The lowest BCUT2D eigenvalue weighted by Crippen LogP contribution is -2.48. The third kappa shape index (κ3) is 5.87. The van der Waals surface area contributed by atoms with Gasteiger partial charge in [-0.15, -0.1) is 0 Å². The first-order valence-corrected chi connectivity index (χ1v) is 9.00. The van der Waals surface area contributed by atoms with E-state index >= 15 is 0 Å². The molecule has 2 heterocycles. The molecule has 3 rings (SSSR count). The molecule has 132 valence electrons. The Bertz CT molecular complexity index is 639. The number of aromatic nitrogens is 1. The highest BCUT2D eigenvalue weighted by Crippen LogP contribution is 2.13. The summed E-state index contributed by atoms with van der Waals surface area (Å²) in [6.45, 7) is 3.64. The number of benzene rings is 1. The molecule has 2 aromatic rings. The number of nitrogens with one attached hydrogen (secondary N) is 2. The van der Waals surface area contributed by atoms with Gasteiger partial charge in [0.15, 0.2) is 0 Å². The standard InChI is InChI=1S/C20H26N4O/c25-20(22-13-9-18-8-4-5-12-21-18)23-19-10-14-24(15-11-19)16-17-6-2-1-3-7-17/h1-8,12,19H,9-11,13-16H2,(H2,22,23,25). The lowest BCUT2D eigenvalue weighted by molar-refractivity contribution is 0.186. The Morgan fingerprint density at radius 3 is 2.56 bits per heavy atom. The van der Waals surface area contributed by atoms with E-state index in [-0.39, 0.29) is 12.1 Å². The topological polar surface area (TPSA) is 57.3 Å². The van der Waals surface area contributed by atoms with Gasteiger partial charge in [-0.2, -0.15) is 0 Å². The normalized spacial score (nSPS) is 15.7. The molecule has 5 heteroatoms. The summed E-state index contributed by atoms with van der Waals surface area (Å²) < 4.78 is 0. The predicted octanol–water partition coefficient (Wildman–Crippen LogP) is 2.59. The van der Waals surface area contributed by atoms with Gasteiger partial charge >= 0.3 is 6.03 Å². The number of amides is 2. The van der Waals surface area contributed by atoms with Gasteiger partial charge in [0, 0.05) is 50.5 Å². The number of pyridine rings is 1. The van der Waals surface area contributed by atoms with E-state index in [1.54, 1.807) is 6.20 Å². The highest BCUT2D eigenvalue weighted by Gasteiger charge is 2.20. The van der Waals surface area contributed by atoms with E-state index in [2.05, 4.69) is 44.8 Å². The second-order valence-corrected chi connectivity index (χ2v) is 6.51. The maximum atomic E-state index is 12.0. The number of rotatable bonds is 6. The van der Waals surface area contributed by atoms with Crippen molar-refractivity contribution in [2.75, 3.05) is 19.6 Å². The molecule has 0 aliphatic carbocycles. The summed E-state index contributed by atoms with van der Waals surface area (Å²) in [6.07, 6.45) is 4.53. The van der Waals surface area contributed by atoms with Crippen LogP contribution in [-0.2, 0) is 13.0 Å². The molecule has 0 saturated carbocycles. The van der Waals surface area contributed by atoms with Crippen molar-refractivity contribution in [1.29, 1.82) is 0 Å². The average molecular weight is 338 g/mol. The fourth-order valence-corrected chi connectivity index (χ4v) is 3.16. The first-order chi connectivity index (χ1) is 12.3. The van der Waals surface area contributed by atoms with Crippen LogP contribution in [0.1, 0.15) is 24.1 Å². The van der Waals surface area contributed by atoms with Gasteiger partial charge in [-0.1, -0.05) is 36.4 Å². The summed E-state index contributed by atoms with van der Waals surface area (Å²) in [4.78, 5) is 18.7. The Morgan fingerprint density at radius 1 is 1.08 bits per heavy atom. The van der Waals surface area contributed by atoms with E-state index in [4.69, 9.17) is 0 Å². The molecule has 0 spiro atoms. The van der Waals surface area contributed by atoms with Crippen molar-refractivity contribution in [3.63, 3.8) is 0 Å². The Hall–Kier alpha value is -2.40. The molecule has 1 aromatic carbocycles. The molecule has 1 aliphatic heterocycles. The van der Waals surface area contributed by atoms with Gasteiger partial charge < -0.3 is 10.6 Å². The Labute approximate surface area is 149 Å². The van der Waals surface area contributed by atoms with Gasteiger partial charge in [-0.3, -0.25) is 9.88 Å². The number of carbonyl (C=O) groups excluding carboxylic acids is 1. The molecule has 1 aromatic heterocycles. The largest absolute Gasteiger partial charge is 0.338 e. The van der Waals surface area contributed by atoms with E-state index in [0.29, 0.717) is 6.54 Å². The van der Waals surface area contributed by atoms with Gasteiger partial charge in [0.25, 0.3) is 0 Å². The van der Waals surface area contributed by atoms with Crippen molar-refractivity contribution in [1.82, 2.24) is 20.5 Å². The van der Waals surface area contributed by atoms with E-state index in [9.17, 15) is 4.79 Å². The summed E-state index contributed by atoms with van der Waals surface area (Å²) >= 11 is 0. The molecule has 2 amide bonds. The number of nitrogens with zero attached hydrogens (tertiary/aromatic N) is 2. The van der Waals surface area contributed by atoms with Crippen molar-refractivity contribution in [2.45, 2.75) is 31.8 Å². The van der Waals surface area contributed by atoms with E-state index < -0.39 is 0 Å². The third-order valence-electron chi connectivity index (χ3n) is 4.56. The predicted molar refractivity (Wildman–Crippen MR) is 99.2 cm³/mol. The Balaban J connectivity index is 1.32. The first-order valence-electron chi connectivity index (χ1n) is 9.00. The lowest BCUT2D eigenvalue weighted by atomic mass is 10.0. The molecule has 1 saturated heterocycles. The van der Waals surface area contributed by atoms with Gasteiger partial charge in [0.05, 0.1) is 0 Å². The second-order valence-electron chi connectivity index (χ2n) is 6.51. The van der Waals surface area contributed by atoms with Crippen LogP contribution in [-0.4, -0.2) is 41.6 Å². The van der Waals surface area contributed by atoms with Gasteiger partial charge in [-0.25, -0.2) is 4.79 Å². The molecule has 0 atom stereocenters. The molecule has 25 heavy (non-hydrogen) atoms. The van der Waals surface area contributed by atoms with Crippen LogP contribution in [0.15, 0.2) is 54.7 Å². The van der Waals surface area contributed by atoms with Crippen LogP contribution in [0.3, 0.4) is 0 Å². The minimum absolute atomic E-state index is 0.0718. The zero-order valence-electron chi connectivity index (χ0n) is 14.5. The molecule has 1 fully saturated rings. The molecule has 0 unspecified atom stereocenters. The third-order valence-corrected chi connectivity index (χ3v) is 4.56. The van der Waals surface area contributed by atoms with Crippen LogP contribution in [0.25, 0.3) is 0 Å². The zero-order valence-corrected chi connectivity index (χ0v) is 14.5. The van der Waals surface area contributed by atoms with Crippen LogP contribution in [0.4, 0.5) is 4.79 Å². The molecule has 5 nitrogen and oxygen atoms in total. The number of hydrogen-bond donors (Lipinski definition) is 2. The Morgan fingerprint density at radius 2 is 1.84 bits per heavy atom. The monoisotopic (exact) mass is 338 g/mol.